The molecule has 2 aromatic heterocycles. The van der Waals surface area contributed by atoms with E-state index in [-0.39, 0.29) is 5.91 Å². The van der Waals surface area contributed by atoms with Crippen molar-refractivity contribution in [3.63, 3.8) is 0 Å². The average molecular weight is 303 g/mol. The van der Waals surface area contributed by atoms with Gasteiger partial charge in [-0.1, -0.05) is 5.16 Å². The minimum absolute atomic E-state index is 0.117. The Bertz CT molecular complexity index is 679. The molecule has 2 aromatic rings. The fraction of sp³-hybridized carbons (Fsp3) is 0.429. The monoisotopic (exact) mass is 303 g/mol. The second-order valence-corrected chi connectivity index (χ2v) is 5.04. The molecule has 1 saturated heterocycles. The number of carbonyl (C=O) groups excluding carboxylic acids is 1. The summed E-state index contributed by atoms with van der Waals surface area (Å²) in [4.78, 5) is 22.7. The van der Waals surface area contributed by atoms with Crippen LogP contribution in [0.1, 0.15) is 22.1 Å². The van der Waals surface area contributed by atoms with Crippen molar-refractivity contribution < 1.29 is 14.1 Å². The number of nitrogens with one attached hydrogen (secondary N) is 1. The highest BCUT2D eigenvalue weighted by Gasteiger charge is 2.20. The summed E-state index contributed by atoms with van der Waals surface area (Å²) in [7, 11) is 0. The van der Waals surface area contributed by atoms with E-state index in [0.717, 1.165) is 0 Å². The van der Waals surface area contributed by atoms with Gasteiger partial charge in [0.15, 0.2) is 5.82 Å². The first-order chi connectivity index (χ1) is 10.6. The third-order valence-corrected chi connectivity index (χ3v) is 3.24. The third-order valence-electron chi connectivity index (χ3n) is 3.24. The zero-order chi connectivity index (χ0) is 15.5. The van der Waals surface area contributed by atoms with Gasteiger partial charge >= 0.3 is 0 Å². The maximum absolute atomic E-state index is 12.5. The van der Waals surface area contributed by atoms with Gasteiger partial charge in [-0.25, -0.2) is 9.97 Å². The van der Waals surface area contributed by atoms with E-state index >= 15 is 0 Å². The van der Waals surface area contributed by atoms with Gasteiger partial charge in [0.05, 0.1) is 13.2 Å². The van der Waals surface area contributed by atoms with Gasteiger partial charge in [-0.15, -0.1) is 0 Å². The molecule has 1 fully saturated rings. The number of morpholine rings is 1. The molecule has 1 amide bonds. The second kappa shape index (κ2) is 6.10. The van der Waals surface area contributed by atoms with Crippen molar-refractivity contribution in [2.75, 3.05) is 31.6 Å². The van der Waals surface area contributed by atoms with E-state index < -0.39 is 0 Å². The number of carbonyl (C=O) groups is 1. The second-order valence-electron chi connectivity index (χ2n) is 5.04. The summed E-state index contributed by atoms with van der Waals surface area (Å²) in [6.45, 7) is 5.81. The van der Waals surface area contributed by atoms with Crippen LogP contribution >= 0.6 is 0 Å². The van der Waals surface area contributed by atoms with E-state index in [1.54, 1.807) is 30.9 Å². The SMILES string of the molecule is Cc1nc(Nc2cc(C)on2)cc(C(=O)N2CCOCC2)n1. The number of nitrogens with zero attached hydrogens (tertiary/aromatic N) is 4. The van der Waals surface area contributed by atoms with Crippen LogP contribution in [0.25, 0.3) is 0 Å². The molecule has 8 nitrogen and oxygen atoms in total. The first-order valence-corrected chi connectivity index (χ1v) is 7.05. The number of aromatic nitrogens is 3. The summed E-state index contributed by atoms with van der Waals surface area (Å²) in [6.07, 6.45) is 0. The highest BCUT2D eigenvalue weighted by Crippen LogP contribution is 2.16. The smallest absolute Gasteiger partial charge is 0.272 e. The van der Waals surface area contributed by atoms with Crippen molar-refractivity contribution in [3.8, 4) is 0 Å². The summed E-state index contributed by atoms with van der Waals surface area (Å²) in [5.41, 5.74) is 0.358. The number of anilines is 2. The van der Waals surface area contributed by atoms with E-state index in [9.17, 15) is 4.79 Å². The van der Waals surface area contributed by atoms with E-state index in [0.29, 0.717) is 55.2 Å². The molecule has 1 N–H and O–H groups in total. The Morgan fingerprint density at radius 2 is 1.95 bits per heavy atom. The van der Waals surface area contributed by atoms with Gasteiger partial charge in [0.25, 0.3) is 5.91 Å². The summed E-state index contributed by atoms with van der Waals surface area (Å²) in [5, 5.41) is 6.86. The Labute approximate surface area is 127 Å². The number of rotatable bonds is 3. The Morgan fingerprint density at radius 3 is 2.64 bits per heavy atom. The predicted molar refractivity (Wildman–Crippen MR) is 78.0 cm³/mol. The van der Waals surface area contributed by atoms with Crippen LogP contribution in [-0.2, 0) is 4.74 Å². The van der Waals surface area contributed by atoms with Gasteiger partial charge < -0.3 is 19.5 Å². The summed E-state index contributed by atoms with van der Waals surface area (Å²) in [6, 6.07) is 3.37. The molecule has 0 saturated carbocycles. The van der Waals surface area contributed by atoms with Gasteiger partial charge in [0.1, 0.15) is 23.1 Å². The van der Waals surface area contributed by atoms with Crippen LogP contribution in [0.2, 0.25) is 0 Å². The highest BCUT2D eigenvalue weighted by atomic mass is 16.5. The number of amides is 1. The zero-order valence-electron chi connectivity index (χ0n) is 12.5. The van der Waals surface area contributed by atoms with Crippen molar-refractivity contribution >= 4 is 17.5 Å². The Morgan fingerprint density at radius 1 is 1.18 bits per heavy atom. The molecule has 0 aliphatic carbocycles. The maximum atomic E-state index is 12.5. The number of hydrogen-bond donors (Lipinski definition) is 1. The lowest BCUT2D eigenvalue weighted by atomic mass is 10.3. The molecule has 116 valence electrons. The minimum atomic E-state index is -0.117. The quantitative estimate of drug-likeness (QED) is 0.913. The summed E-state index contributed by atoms with van der Waals surface area (Å²) < 4.78 is 10.3. The lowest BCUT2D eigenvalue weighted by Crippen LogP contribution is -2.41. The molecule has 3 rings (SSSR count). The van der Waals surface area contributed by atoms with Crippen molar-refractivity contribution in [3.05, 3.63) is 29.4 Å². The fourth-order valence-corrected chi connectivity index (χ4v) is 2.23. The first kappa shape index (κ1) is 14.5. The minimum Gasteiger partial charge on any atom is -0.378 e. The van der Waals surface area contributed by atoms with Crippen LogP contribution in [0.3, 0.4) is 0 Å². The molecule has 8 heteroatoms. The van der Waals surface area contributed by atoms with Crippen LogP contribution in [0.5, 0.6) is 0 Å². The lowest BCUT2D eigenvalue weighted by molar-refractivity contribution is 0.0299. The summed E-state index contributed by atoms with van der Waals surface area (Å²) >= 11 is 0. The topological polar surface area (TPSA) is 93.4 Å². The first-order valence-electron chi connectivity index (χ1n) is 7.05. The van der Waals surface area contributed by atoms with Gasteiger partial charge in [-0.3, -0.25) is 4.79 Å². The highest BCUT2D eigenvalue weighted by molar-refractivity contribution is 5.93. The van der Waals surface area contributed by atoms with Crippen molar-refractivity contribution in [1.29, 1.82) is 0 Å². The Kier molecular flexibility index (Phi) is 4.01. The lowest BCUT2D eigenvalue weighted by Gasteiger charge is -2.26. The van der Waals surface area contributed by atoms with Gasteiger partial charge in [-0.05, 0) is 13.8 Å². The molecule has 1 aliphatic heterocycles. The molecular formula is C14H17N5O3. The van der Waals surface area contributed by atoms with Gasteiger partial charge in [0, 0.05) is 25.2 Å². The third kappa shape index (κ3) is 3.22. The van der Waals surface area contributed by atoms with Crippen LogP contribution < -0.4 is 5.32 Å². The Balaban J connectivity index is 1.81. The molecule has 1 aliphatic rings. The van der Waals surface area contributed by atoms with Crippen LogP contribution in [0.4, 0.5) is 11.6 Å². The number of aryl methyl sites for hydroxylation is 2. The molecule has 0 spiro atoms. The van der Waals surface area contributed by atoms with Crippen LogP contribution in [-0.4, -0.2) is 52.2 Å². The van der Waals surface area contributed by atoms with Gasteiger partial charge in [-0.2, -0.15) is 0 Å². The van der Waals surface area contributed by atoms with E-state index in [1.165, 1.54) is 0 Å². The number of hydrogen-bond acceptors (Lipinski definition) is 7. The standard InChI is InChI=1S/C14H17N5O3/c1-9-7-13(18-22-9)17-12-8-11(15-10(2)16-12)14(20)19-3-5-21-6-4-19/h7-8H,3-6H2,1-2H3,(H,15,16,17,18). The molecule has 0 bridgehead atoms. The van der Waals surface area contributed by atoms with Gasteiger partial charge in [0.2, 0.25) is 0 Å². The van der Waals surface area contributed by atoms with Crippen molar-refractivity contribution in [2.24, 2.45) is 0 Å². The fourth-order valence-electron chi connectivity index (χ4n) is 2.23. The van der Waals surface area contributed by atoms with E-state index in [2.05, 4.69) is 20.4 Å². The molecule has 0 aromatic carbocycles. The normalized spacial score (nSPS) is 14.9. The molecule has 0 atom stereocenters. The zero-order valence-corrected chi connectivity index (χ0v) is 12.5. The van der Waals surface area contributed by atoms with Crippen molar-refractivity contribution in [1.82, 2.24) is 20.0 Å². The molecule has 0 unspecified atom stereocenters. The van der Waals surface area contributed by atoms with Crippen LogP contribution in [0.15, 0.2) is 16.7 Å². The van der Waals surface area contributed by atoms with E-state index in [4.69, 9.17) is 9.26 Å². The molecule has 0 radical (unpaired) electrons. The average Bonchev–Trinajstić information content (AvgIpc) is 2.92. The predicted octanol–water partition coefficient (Wildman–Crippen LogP) is 1.30. The molecule has 3 heterocycles. The van der Waals surface area contributed by atoms with E-state index in [1.807, 2.05) is 0 Å². The Hall–Kier alpha value is -2.48. The van der Waals surface area contributed by atoms with Crippen LogP contribution in [0, 0.1) is 13.8 Å². The molecular weight excluding hydrogens is 286 g/mol. The number of ether oxygens (including phenoxy) is 1. The summed E-state index contributed by atoms with van der Waals surface area (Å²) in [5.74, 6) is 2.14. The molecule has 22 heavy (non-hydrogen) atoms. The largest absolute Gasteiger partial charge is 0.378 e. The maximum Gasteiger partial charge on any atom is 0.272 e. The van der Waals surface area contributed by atoms with Crippen molar-refractivity contribution in [2.45, 2.75) is 13.8 Å².